The molecule has 34 heavy (non-hydrogen) atoms. The Kier molecular flexibility index (Phi) is 5.43. The number of carbonyl (C=O) groups excluding carboxylic acids is 2. The van der Waals surface area contributed by atoms with Crippen LogP contribution in [0.3, 0.4) is 0 Å². The van der Waals surface area contributed by atoms with Crippen molar-refractivity contribution < 1.29 is 31.2 Å². The molecule has 1 saturated heterocycles. The molecular formula is C23H20F3N3O4S. The normalized spacial score (nSPS) is 16.5. The molecule has 0 unspecified atom stereocenters. The van der Waals surface area contributed by atoms with Crippen LogP contribution < -0.4 is 4.90 Å². The van der Waals surface area contributed by atoms with Crippen LogP contribution in [0.25, 0.3) is 10.9 Å². The predicted octanol–water partition coefficient (Wildman–Crippen LogP) is 4.58. The third-order valence-electron chi connectivity index (χ3n) is 5.92. The quantitative estimate of drug-likeness (QED) is 0.499. The van der Waals surface area contributed by atoms with Crippen molar-refractivity contribution >= 4 is 38.4 Å². The smallest absolute Gasteiger partial charge is 0.305 e. The Hall–Kier alpha value is -3.47. The standard InChI is InChI=1S/C23H20F3N3O4S/c1-14-5-4-6-18-15(11-12-27-19(14)18)13-28-21(31)29(20(30)22(28,2)3)16-7-9-17(10-8-16)34(32,33)23(24,25)26/h4-12H,13H2,1-3H3. The lowest BCUT2D eigenvalue weighted by Gasteiger charge is -2.28. The van der Waals surface area contributed by atoms with Gasteiger partial charge < -0.3 is 4.90 Å². The molecule has 4 rings (SSSR count). The number of pyridine rings is 1. The molecule has 7 nitrogen and oxygen atoms in total. The number of halogens is 3. The predicted molar refractivity (Wildman–Crippen MR) is 119 cm³/mol. The molecule has 0 aliphatic carbocycles. The fourth-order valence-corrected chi connectivity index (χ4v) is 4.69. The molecule has 2 aromatic carbocycles. The van der Waals surface area contributed by atoms with Crippen molar-refractivity contribution in [3.05, 3.63) is 65.9 Å². The second-order valence-electron chi connectivity index (χ2n) is 8.45. The number of anilines is 1. The summed E-state index contributed by atoms with van der Waals surface area (Å²) in [5.41, 5.74) is -4.24. The summed E-state index contributed by atoms with van der Waals surface area (Å²) in [6, 6.07) is 10.2. The van der Waals surface area contributed by atoms with Crippen LogP contribution in [0.1, 0.15) is 25.0 Å². The summed E-state index contributed by atoms with van der Waals surface area (Å²) < 4.78 is 61.7. The molecule has 11 heteroatoms. The van der Waals surface area contributed by atoms with Crippen molar-refractivity contribution in [2.24, 2.45) is 0 Å². The fraction of sp³-hybridized carbons (Fsp3) is 0.261. The summed E-state index contributed by atoms with van der Waals surface area (Å²) in [6.07, 6.45) is 1.62. The highest BCUT2D eigenvalue weighted by molar-refractivity contribution is 7.92. The van der Waals surface area contributed by atoms with Gasteiger partial charge in [0.25, 0.3) is 15.7 Å². The van der Waals surface area contributed by atoms with E-state index in [2.05, 4.69) is 4.98 Å². The number of benzene rings is 2. The van der Waals surface area contributed by atoms with E-state index in [0.717, 1.165) is 51.2 Å². The van der Waals surface area contributed by atoms with Crippen molar-refractivity contribution in [1.82, 2.24) is 9.88 Å². The highest BCUT2D eigenvalue weighted by atomic mass is 32.2. The molecule has 0 N–H and O–H groups in total. The number of rotatable bonds is 4. The lowest BCUT2D eigenvalue weighted by Crippen LogP contribution is -2.43. The number of amides is 3. The minimum Gasteiger partial charge on any atom is -0.305 e. The maximum absolute atomic E-state index is 13.3. The number of urea groups is 1. The zero-order valence-corrected chi connectivity index (χ0v) is 19.2. The summed E-state index contributed by atoms with van der Waals surface area (Å²) in [7, 11) is -5.55. The van der Waals surface area contributed by atoms with Crippen molar-refractivity contribution in [1.29, 1.82) is 0 Å². The summed E-state index contributed by atoms with van der Waals surface area (Å²) in [5, 5.41) is 0.832. The molecule has 178 valence electrons. The molecule has 3 aromatic rings. The van der Waals surface area contributed by atoms with Crippen molar-refractivity contribution in [2.75, 3.05) is 4.90 Å². The molecule has 0 spiro atoms. The number of hydrogen-bond acceptors (Lipinski definition) is 5. The van der Waals surface area contributed by atoms with E-state index in [4.69, 9.17) is 0 Å². The van der Waals surface area contributed by atoms with E-state index in [1.165, 1.54) is 4.90 Å². The van der Waals surface area contributed by atoms with Gasteiger partial charge in [-0.2, -0.15) is 13.2 Å². The average molecular weight is 491 g/mol. The Labute approximate surface area is 193 Å². The monoisotopic (exact) mass is 491 g/mol. The van der Waals surface area contributed by atoms with E-state index >= 15 is 0 Å². The molecule has 1 aliphatic heterocycles. The van der Waals surface area contributed by atoms with Gasteiger partial charge in [-0.3, -0.25) is 9.78 Å². The van der Waals surface area contributed by atoms with Crippen LogP contribution >= 0.6 is 0 Å². The van der Waals surface area contributed by atoms with Gasteiger partial charge in [-0.15, -0.1) is 0 Å². The van der Waals surface area contributed by atoms with Crippen molar-refractivity contribution in [2.45, 2.75) is 43.3 Å². The zero-order chi connectivity index (χ0) is 25.1. The number of fused-ring (bicyclic) bond motifs is 1. The highest BCUT2D eigenvalue weighted by Crippen LogP contribution is 2.36. The van der Waals surface area contributed by atoms with Crippen molar-refractivity contribution in [3.63, 3.8) is 0 Å². The molecular weight excluding hydrogens is 471 g/mol. The first-order valence-corrected chi connectivity index (χ1v) is 11.7. The van der Waals surface area contributed by atoms with E-state index in [-0.39, 0.29) is 12.2 Å². The van der Waals surface area contributed by atoms with Gasteiger partial charge in [0.15, 0.2) is 0 Å². The van der Waals surface area contributed by atoms with E-state index in [1.807, 2.05) is 25.1 Å². The number of para-hydroxylation sites is 1. The van der Waals surface area contributed by atoms with E-state index in [0.29, 0.717) is 0 Å². The second kappa shape index (κ2) is 7.79. The van der Waals surface area contributed by atoms with Crippen molar-refractivity contribution in [3.8, 4) is 0 Å². The fourth-order valence-electron chi connectivity index (χ4n) is 3.93. The number of carbonyl (C=O) groups is 2. The van der Waals surface area contributed by atoms with Gasteiger partial charge >= 0.3 is 11.5 Å². The molecule has 0 radical (unpaired) electrons. The third-order valence-corrected chi connectivity index (χ3v) is 7.43. The minimum atomic E-state index is -5.55. The first-order valence-electron chi connectivity index (χ1n) is 10.2. The first-order chi connectivity index (χ1) is 15.8. The van der Waals surface area contributed by atoms with Gasteiger partial charge in [-0.25, -0.2) is 18.1 Å². The number of sulfone groups is 1. The molecule has 1 fully saturated rings. The van der Waals surface area contributed by atoms with Crippen LogP contribution in [0.2, 0.25) is 0 Å². The van der Waals surface area contributed by atoms with Gasteiger partial charge in [-0.1, -0.05) is 18.2 Å². The van der Waals surface area contributed by atoms with E-state index in [9.17, 15) is 31.2 Å². The number of alkyl halides is 3. The number of aromatic nitrogens is 1. The van der Waals surface area contributed by atoms with E-state index in [1.54, 1.807) is 26.1 Å². The molecule has 0 bridgehead atoms. The Morgan fingerprint density at radius 2 is 1.65 bits per heavy atom. The summed E-state index contributed by atoms with van der Waals surface area (Å²) >= 11 is 0. The van der Waals surface area contributed by atoms with Crippen LogP contribution in [0, 0.1) is 6.92 Å². The molecule has 2 heterocycles. The molecule has 0 saturated carbocycles. The van der Waals surface area contributed by atoms with Gasteiger partial charge in [-0.05, 0) is 62.2 Å². The summed E-state index contributed by atoms with van der Waals surface area (Å²) in [4.78, 5) is 32.1. The second-order valence-corrected chi connectivity index (χ2v) is 10.4. The van der Waals surface area contributed by atoms with Gasteiger partial charge in [0.2, 0.25) is 0 Å². The minimum absolute atomic E-state index is 0.0258. The Morgan fingerprint density at radius 3 is 2.26 bits per heavy atom. The molecule has 1 aliphatic rings. The maximum Gasteiger partial charge on any atom is 0.501 e. The lowest BCUT2D eigenvalue weighted by molar-refractivity contribution is -0.123. The topological polar surface area (TPSA) is 87.7 Å². The molecule has 0 atom stereocenters. The van der Waals surface area contributed by atoms with Gasteiger partial charge in [0.1, 0.15) is 5.54 Å². The number of hydrogen-bond donors (Lipinski definition) is 0. The SMILES string of the molecule is Cc1cccc2c(CN3C(=O)N(c4ccc(S(=O)(=O)C(F)(F)F)cc4)C(=O)C3(C)C)ccnc12. The molecule has 3 amide bonds. The molecule has 1 aromatic heterocycles. The van der Waals surface area contributed by atoms with Crippen LogP contribution in [0.5, 0.6) is 0 Å². The number of aryl methyl sites for hydroxylation is 1. The van der Waals surface area contributed by atoms with Gasteiger partial charge in [0, 0.05) is 18.1 Å². The van der Waals surface area contributed by atoms with Crippen LogP contribution in [-0.2, 0) is 21.2 Å². The highest BCUT2D eigenvalue weighted by Gasteiger charge is 2.52. The first kappa shape index (κ1) is 23.7. The summed E-state index contributed by atoms with van der Waals surface area (Å²) in [6.45, 7) is 5.16. The summed E-state index contributed by atoms with van der Waals surface area (Å²) in [5.74, 6) is -0.585. The largest absolute Gasteiger partial charge is 0.501 e. The Morgan fingerprint density at radius 1 is 1.00 bits per heavy atom. The van der Waals surface area contributed by atoms with Crippen LogP contribution in [0.15, 0.2) is 59.6 Å². The average Bonchev–Trinajstić information content (AvgIpc) is 2.93. The van der Waals surface area contributed by atoms with Crippen LogP contribution in [0.4, 0.5) is 23.7 Å². The number of nitrogens with zero attached hydrogens (tertiary/aromatic N) is 3. The van der Waals surface area contributed by atoms with Gasteiger partial charge in [0.05, 0.1) is 16.1 Å². The van der Waals surface area contributed by atoms with E-state index < -0.39 is 37.7 Å². The maximum atomic E-state index is 13.3. The lowest BCUT2D eigenvalue weighted by atomic mass is 10.0. The zero-order valence-electron chi connectivity index (χ0n) is 18.4. The Balaban J connectivity index is 1.69. The Bertz CT molecular complexity index is 1420. The van der Waals surface area contributed by atoms with Crippen LogP contribution in [-0.4, -0.2) is 41.3 Å². The third kappa shape index (κ3) is 3.60. The number of imide groups is 1.